The molecule has 0 radical (unpaired) electrons. The molecule has 0 aliphatic carbocycles. The molecule has 114 valence electrons. The van der Waals surface area contributed by atoms with Gasteiger partial charge in [-0.1, -0.05) is 0 Å². The lowest BCUT2D eigenvalue weighted by Gasteiger charge is -2.23. The normalized spacial score (nSPS) is 14.6. The third kappa shape index (κ3) is 6.62. The molecule has 0 heterocycles. The highest BCUT2D eigenvalue weighted by molar-refractivity contribution is 5.75. The van der Waals surface area contributed by atoms with Gasteiger partial charge in [-0.15, -0.1) is 0 Å². The molecule has 0 aromatic heterocycles. The third-order valence-corrected chi connectivity index (χ3v) is 1.90. The van der Waals surface area contributed by atoms with E-state index in [9.17, 15) is 31.1 Å². The molecule has 19 heavy (non-hydrogen) atoms. The zero-order valence-corrected chi connectivity index (χ0v) is 9.85. The first-order valence-electron chi connectivity index (χ1n) is 5.17. The van der Waals surface area contributed by atoms with Crippen molar-refractivity contribution in [3.05, 3.63) is 0 Å². The Balaban J connectivity index is 4.33. The average Bonchev–Trinajstić information content (AvgIpc) is 2.20. The van der Waals surface area contributed by atoms with Crippen LogP contribution in [0.4, 0.5) is 26.3 Å². The van der Waals surface area contributed by atoms with Gasteiger partial charge in [0.05, 0.1) is 6.61 Å². The van der Waals surface area contributed by atoms with Crippen LogP contribution in [0.1, 0.15) is 13.3 Å². The predicted octanol–water partition coefficient (Wildman–Crippen LogP) is 1.78. The minimum absolute atomic E-state index is 0.00111. The molecule has 0 rings (SSSR count). The molecule has 1 atom stereocenters. The number of alkyl halides is 6. The van der Waals surface area contributed by atoms with Crippen LogP contribution in [0, 0.1) is 0 Å². The van der Waals surface area contributed by atoms with Crippen LogP contribution < -0.4 is 5.73 Å². The lowest BCUT2D eigenvalue weighted by molar-refractivity contribution is -0.321. The van der Waals surface area contributed by atoms with Gasteiger partial charge in [-0.2, -0.15) is 26.3 Å². The van der Waals surface area contributed by atoms with Crippen LogP contribution in [0.5, 0.6) is 0 Å². The Labute approximate surface area is 104 Å². The number of halogens is 6. The van der Waals surface area contributed by atoms with Crippen LogP contribution in [-0.4, -0.2) is 43.7 Å². The van der Waals surface area contributed by atoms with E-state index in [4.69, 9.17) is 5.73 Å². The number of nitrogens with two attached hydrogens (primary N) is 1. The molecule has 10 heteroatoms. The van der Waals surface area contributed by atoms with Crippen molar-refractivity contribution in [1.82, 2.24) is 0 Å². The maximum atomic E-state index is 12.1. The predicted molar refractivity (Wildman–Crippen MR) is 51.1 cm³/mol. The van der Waals surface area contributed by atoms with Gasteiger partial charge in [0.2, 0.25) is 6.10 Å². The van der Waals surface area contributed by atoms with E-state index in [2.05, 4.69) is 9.47 Å². The summed E-state index contributed by atoms with van der Waals surface area (Å²) in [5, 5.41) is 0. The Morgan fingerprint density at radius 1 is 1.16 bits per heavy atom. The highest BCUT2D eigenvalue weighted by atomic mass is 19.4. The summed E-state index contributed by atoms with van der Waals surface area (Å²) in [6, 6.07) is -1.33. The molecule has 4 nitrogen and oxygen atoms in total. The molecule has 0 aliphatic rings. The average molecular weight is 297 g/mol. The van der Waals surface area contributed by atoms with E-state index in [1.807, 2.05) is 0 Å². The molecule has 0 aliphatic heterocycles. The van der Waals surface area contributed by atoms with Gasteiger partial charge >= 0.3 is 18.3 Å². The van der Waals surface area contributed by atoms with Crippen molar-refractivity contribution in [2.24, 2.45) is 5.73 Å². The van der Waals surface area contributed by atoms with Crippen molar-refractivity contribution in [2.45, 2.75) is 37.8 Å². The number of carbonyl (C=O) groups excluding carboxylic acids is 1. The van der Waals surface area contributed by atoms with E-state index in [1.54, 1.807) is 0 Å². The van der Waals surface area contributed by atoms with Gasteiger partial charge in [-0.05, 0) is 13.3 Å². The Bertz CT molecular complexity index is 277. The van der Waals surface area contributed by atoms with Crippen molar-refractivity contribution in [3.8, 4) is 0 Å². The van der Waals surface area contributed by atoms with Crippen molar-refractivity contribution in [2.75, 3.05) is 13.2 Å². The van der Waals surface area contributed by atoms with Crippen LogP contribution >= 0.6 is 0 Å². The molecular formula is C9H13F6NO3. The molecule has 2 N–H and O–H groups in total. The molecule has 1 unspecified atom stereocenters. The van der Waals surface area contributed by atoms with Crippen LogP contribution in [0.3, 0.4) is 0 Å². The number of rotatable bonds is 6. The molecule has 0 bridgehead atoms. The fourth-order valence-corrected chi connectivity index (χ4v) is 1.05. The summed E-state index contributed by atoms with van der Waals surface area (Å²) in [7, 11) is 0. The van der Waals surface area contributed by atoms with Crippen LogP contribution in [0.15, 0.2) is 0 Å². The topological polar surface area (TPSA) is 61.5 Å². The monoisotopic (exact) mass is 297 g/mol. The van der Waals surface area contributed by atoms with Crippen LogP contribution in [-0.2, 0) is 14.3 Å². The summed E-state index contributed by atoms with van der Waals surface area (Å²) < 4.78 is 80.5. The Hall–Kier alpha value is -1.03. The number of carbonyl (C=O) groups is 1. The Morgan fingerprint density at radius 3 is 2.00 bits per heavy atom. The first-order valence-corrected chi connectivity index (χ1v) is 5.17. The zero-order valence-electron chi connectivity index (χ0n) is 9.85. The summed E-state index contributed by atoms with van der Waals surface area (Å²) in [4.78, 5) is 11.0. The second kappa shape index (κ2) is 6.94. The number of ether oxygens (including phenoxy) is 2. The van der Waals surface area contributed by atoms with E-state index in [-0.39, 0.29) is 6.61 Å². The van der Waals surface area contributed by atoms with E-state index in [0.717, 1.165) is 0 Å². The van der Waals surface area contributed by atoms with Gasteiger partial charge in [0, 0.05) is 6.61 Å². The van der Waals surface area contributed by atoms with Gasteiger partial charge < -0.3 is 15.2 Å². The summed E-state index contributed by atoms with van der Waals surface area (Å²) >= 11 is 0. The van der Waals surface area contributed by atoms with E-state index in [0.29, 0.717) is 0 Å². The lowest BCUT2D eigenvalue weighted by Crippen LogP contribution is -2.45. The molecule has 0 aromatic rings. The molecule has 0 fully saturated rings. The molecule has 0 saturated heterocycles. The fourth-order valence-electron chi connectivity index (χ4n) is 1.05. The summed E-state index contributed by atoms with van der Waals surface area (Å²) in [5.74, 6) is -0.915. The second-order valence-electron chi connectivity index (χ2n) is 3.48. The van der Waals surface area contributed by atoms with Crippen molar-refractivity contribution < 1.29 is 40.6 Å². The minimum atomic E-state index is -5.58. The summed E-state index contributed by atoms with van der Waals surface area (Å²) in [6.45, 7) is 0.509. The van der Waals surface area contributed by atoms with Crippen molar-refractivity contribution >= 4 is 5.97 Å². The van der Waals surface area contributed by atoms with E-state index < -0.39 is 43.5 Å². The molecule has 0 saturated carbocycles. The first-order chi connectivity index (χ1) is 8.50. The van der Waals surface area contributed by atoms with Gasteiger partial charge in [0.25, 0.3) is 0 Å². The Kier molecular flexibility index (Phi) is 6.57. The number of esters is 1. The van der Waals surface area contributed by atoms with Crippen LogP contribution in [0.2, 0.25) is 0 Å². The highest BCUT2D eigenvalue weighted by Crippen LogP contribution is 2.35. The largest absolute Gasteiger partial charge is 0.465 e. The highest BCUT2D eigenvalue weighted by Gasteiger charge is 2.57. The SMILES string of the molecule is CCOC(=O)C(N)CCOC(C(F)(F)F)C(F)(F)F. The lowest BCUT2D eigenvalue weighted by atomic mass is 10.2. The standard InChI is InChI=1S/C9H13F6NO3/c1-2-18-6(17)5(16)3-4-19-7(8(10,11)12)9(13,14)15/h5,7H,2-4,16H2,1H3. The van der Waals surface area contributed by atoms with E-state index >= 15 is 0 Å². The van der Waals surface area contributed by atoms with Gasteiger partial charge in [0.15, 0.2) is 0 Å². The van der Waals surface area contributed by atoms with E-state index in [1.165, 1.54) is 6.92 Å². The second-order valence-corrected chi connectivity index (χ2v) is 3.48. The number of hydrogen-bond donors (Lipinski definition) is 1. The molecular weight excluding hydrogens is 284 g/mol. The van der Waals surface area contributed by atoms with Gasteiger partial charge in [0.1, 0.15) is 6.04 Å². The van der Waals surface area contributed by atoms with Crippen LogP contribution in [0.25, 0.3) is 0 Å². The number of hydrogen-bond acceptors (Lipinski definition) is 4. The fraction of sp³-hybridized carbons (Fsp3) is 0.889. The smallest absolute Gasteiger partial charge is 0.423 e. The maximum Gasteiger partial charge on any atom is 0.423 e. The zero-order chi connectivity index (χ0) is 15.3. The first kappa shape index (κ1) is 18.0. The van der Waals surface area contributed by atoms with Crippen molar-refractivity contribution in [3.63, 3.8) is 0 Å². The van der Waals surface area contributed by atoms with Gasteiger partial charge in [-0.3, -0.25) is 4.79 Å². The van der Waals surface area contributed by atoms with Crippen molar-refractivity contribution in [1.29, 1.82) is 0 Å². The maximum absolute atomic E-state index is 12.1. The minimum Gasteiger partial charge on any atom is -0.465 e. The molecule has 0 aromatic carbocycles. The Morgan fingerprint density at radius 2 is 1.63 bits per heavy atom. The molecule has 0 amide bonds. The van der Waals surface area contributed by atoms with Gasteiger partial charge in [-0.25, -0.2) is 0 Å². The quantitative estimate of drug-likeness (QED) is 0.599. The summed E-state index contributed by atoms with van der Waals surface area (Å²) in [5.41, 5.74) is 5.19. The summed E-state index contributed by atoms with van der Waals surface area (Å²) in [6.07, 6.45) is -15.6. The third-order valence-electron chi connectivity index (χ3n) is 1.90. The molecule has 0 spiro atoms.